The molecule has 26 heavy (non-hydrogen) atoms. The van der Waals surface area contributed by atoms with Crippen molar-refractivity contribution in [1.29, 1.82) is 0 Å². The number of amides is 1. The SMILES string of the molecule is CN(Cc1ccccc1N1CCOCC1)C(=O)C1CCCc2nccn21. The van der Waals surface area contributed by atoms with E-state index in [1.807, 2.05) is 24.2 Å². The molecule has 1 fully saturated rings. The van der Waals surface area contributed by atoms with Gasteiger partial charge in [-0.05, 0) is 24.5 Å². The maximum atomic E-state index is 13.1. The molecule has 2 aliphatic heterocycles. The van der Waals surface area contributed by atoms with Gasteiger partial charge >= 0.3 is 0 Å². The normalized spacial score (nSPS) is 19.9. The average Bonchev–Trinajstić information content (AvgIpc) is 3.17. The first-order valence-corrected chi connectivity index (χ1v) is 9.41. The highest BCUT2D eigenvalue weighted by Gasteiger charge is 2.29. The molecule has 1 aromatic carbocycles. The number of aryl methyl sites for hydroxylation is 1. The fourth-order valence-electron chi connectivity index (χ4n) is 4.00. The van der Waals surface area contributed by atoms with Crippen molar-refractivity contribution in [3.8, 4) is 0 Å². The lowest BCUT2D eigenvalue weighted by Crippen LogP contribution is -2.38. The number of hydrogen-bond acceptors (Lipinski definition) is 4. The third-order valence-electron chi connectivity index (χ3n) is 5.37. The molecule has 2 aromatic rings. The maximum Gasteiger partial charge on any atom is 0.245 e. The van der Waals surface area contributed by atoms with Gasteiger partial charge < -0.3 is 19.1 Å². The monoisotopic (exact) mass is 354 g/mol. The molecule has 1 aromatic heterocycles. The smallest absolute Gasteiger partial charge is 0.245 e. The lowest BCUT2D eigenvalue weighted by Gasteiger charge is -2.32. The molecule has 1 unspecified atom stereocenters. The van der Waals surface area contributed by atoms with E-state index in [0.717, 1.165) is 51.4 Å². The Morgan fingerprint density at radius 2 is 2.12 bits per heavy atom. The second-order valence-electron chi connectivity index (χ2n) is 7.08. The first-order valence-electron chi connectivity index (χ1n) is 9.41. The first-order chi connectivity index (χ1) is 12.7. The Labute approximate surface area is 154 Å². The van der Waals surface area contributed by atoms with E-state index in [4.69, 9.17) is 4.74 Å². The van der Waals surface area contributed by atoms with Crippen LogP contribution in [0.15, 0.2) is 36.7 Å². The Morgan fingerprint density at radius 1 is 1.31 bits per heavy atom. The Kier molecular flexibility index (Phi) is 4.93. The van der Waals surface area contributed by atoms with Gasteiger partial charge in [0.2, 0.25) is 5.91 Å². The minimum Gasteiger partial charge on any atom is -0.378 e. The van der Waals surface area contributed by atoms with E-state index >= 15 is 0 Å². The second-order valence-corrected chi connectivity index (χ2v) is 7.08. The van der Waals surface area contributed by atoms with Gasteiger partial charge in [0.25, 0.3) is 0 Å². The fourth-order valence-corrected chi connectivity index (χ4v) is 4.00. The van der Waals surface area contributed by atoms with Gasteiger partial charge in [-0.25, -0.2) is 4.98 Å². The number of benzene rings is 1. The van der Waals surface area contributed by atoms with Crippen LogP contribution >= 0.6 is 0 Å². The predicted molar refractivity (Wildman–Crippen MR) is 100 cm³/mol. The van der Waals surface area contributed by atoms with Crippen molar-refractivity contribution in [2.75, 3.05) is 38.3 Å². The van der Waals surface area contributed by atoms with Gasteiger partial charge in [-0.1, -0.05) is 18.2 Å². The highest BCUT2D eigenvalue weighted by molar-refractivity contribution is 5.80. The zero-order chi connectivity index (χ0) is 17.9. The molecular weight excluding hydrogens is 328 g/mol. The van der Waals surface area contributed by atoms with Crippen molar-refractivity contribution in [1.82, 2.24) is 14.5 Å². The van der Waals surface area contributed by atoms with E-state index in [9.17, 15) is 4.79 Å². The van der Waals surface area contributed by atoms with Gasteiger partial charge in [0.05, 0.1) is 13.2 Å². The van der Waals surface area contributed by atoms with Crippen LogP contribution in [0.3, 0.4) is 0 Å². The number of hydrogen-bond donors (Lipinski definition) is 0. The number of imidazole rings is 1. The van der Waals surface area contributed by atoms with Crippen LogP contribution in [0.2, 0.25) is 0 Å². The quantitative estimate of drug-likeness (QED) is 0.845. The Morgan fingerprint density at radius 3 is 2.96 bits per heavy atom. The van der Waals surface area contributed by atoms with Crippen LogP contribution in [0.1, 0.15) is 30.3 Å². The highest BCUT2D eigenvalue weighted by atomic mass is 16.5. The number of nitrogens with zero attached hydrogens (tertiary/aromatic N) is 4. The summed E-state index contributed by atoms with van der Waals surface area (Å²) >= 11 is 0. The second kappa shape index (κ2) is 7.50. The molecule has 0 radical (unpaired) electrons. The van der Waals surface area contributed by atoms with E-state index in [2.05, 4.69) is 32.7 Å². The minimum atomic E-state index is -0.123. The predicted octanol–water partition coefficient (Wildman–Crippen LogP) is 2.26. The molecule has 4 rings (SSSR count). The van der Waals surface area contributed by atoms with Crippen LogP contribution in [0.25, 0.3) is 0 Å². The lowest BCUT2D eigenvalue weighted by atomic mass is 10.0. The molecule has 0 saturated carbocycles. The van der Waals surface area contributed by atoms with E-state index in [0.29, 0.717) is 6.54 Å². The number of likely N-dealkylation sites (N-methyl/N-ethyl adjacent to an activating group) is 1. The van der Waals surface area contributed by atoms with Crippen LogP contribution in [-0.4, -0.2) is 53.7 Å². The van der Waals surface area contributed by atoms with E-state index in [1.165, 1.54) is 11.3 Å². The number of para-hydroxylation sites is 1. The molecule has 1 saturated heterocycles. The molecule has 2 aliphatic rings. The highest BCUT2D eigenvalue weighted by Crippen LogP contribution is 2.27. The molecule has 3 heterocycles. The van der Waals surface area contributed by atoms with E-state index in [-0.39, 0.29) is 11.9 Å². The van der Waals surface area contributed by atoms with Gasteiger partial charge in [-0.15, -0.1) is 0 Å². The van der Waals surface area contributed by atoms with Crippen LogP contribution < -0.4 is 4.90 Å². The van der Waals surface area contributed by atoms with E-state index < -0.39 is 0 Å². The van der Waals surface area contributed by atoms with Crippen molar-refractivity contribution >= 4 is 11.6 Å². The summed E-state index contributed by atoms with van der Waals surface area (Å²) in [4.78, 5) is 21.7. The number of fused-ring (bicyclic) bond motifs is 1. The topological polar surface area (TPSA) is 50.6 Å². The van der Waals surface area contributed by atoms with Crippen LogP contribution in [-0.2, 0) is 22.5 Å². The number of ether oxygens (including phenoxy) is 1. The summed E-state index contributed by atoms with van der Waals surface area (Å²) in [7, 11) is 1.91. The summed E-state index contributed by atoms with van der Waals surface area (Å²) < 4.78 is 7.52. The zero-order valence-electron chi connectivity index (χ0n) is 15.3. The first kappa shape index (κ1) is 17.1. The molecule has 1 amide bonds. The molecule has 0 spiro atoms. The number of aromatic nitrogens is 2. The average molecular weight is 354 g/mol. The van der Waals surface area contributed by atoms with Gasteiger partial charge in [0.15, 0.2) is 0 Å². The number of anilines is 1. The number of carbonyl (C=O) groups is 1. The zero-order valence-corrected chi connectivity index (χ0v) is 15.3. The molecule has 138 valence electrons. The summed E-state index contributed by atoms with van der Waals surface area (Å²) in [5.41, 5.74) is 2.40. The molecule has 1 atom stereocenters. The van der Waals surface area contributed by atoms with Gasteiger partial charge in [0.1, 0.15) is 11.9 Å². The number of carbonyl (C=O) groups excluding carboxylic acids is 1. The third kappa shape index (κ3) is 3.33. The molecular formula is C20H26N4O2. The lowest BCUT2D eigenvalue weighted by molar-refractivity contribution is -0.134. The minimum absolute atomic E-state index is 0.123. The summed E-state index contributed by atoms with van der Waals surface area (Å²) in [6, 6.07) is 8.26. The van der Waals surface area contributed by atoms with Gasteiger partial charge in [-0.3, -0.25) is 4.79 Å². The van der Waals surface area contributed by atoms with Crippen LogP contribution in [0.5, 0.6) is 0 Å². The maximum absolute atomic E-state index is 13.1. The van der Waals surface area contributed by atoms with E-state index in [1.54, 1.807) is 6.20 Å². The number of morpholine rings is 1. The summed E-state index contributed by atoms with van der Waals surface area (Å²) in [6.45, 7) is 3.93. The van der Waals surface area contributed by atoms with Crippen LogP contribution in [0.4, 0.5) is 5.69 Å². The van der Waals surface area contributed by atoms with Crippen molar-refractivity contribution in [2.45, 2.75) is 31.8 Å². The van der Waals surface area contributed by atoms with Crippen molar-refractivity contribution < 1.29 is 9.53 Å². The standard InChI is InChI=1S/C20H26N4O2/c1-22(20(25)18-7-4-8-19-21-9-10-24(18)19)15-16-5-2-3-6-17(16)23-11-13-26-14-12-23/h2-3,5-6,9-10,18H,4,7-8,11-15H2,1H3. The van der Waals surface area contributed by atoms with Crippen LogP contribution in [0, 0.1) is 0 Å². The third-order valence-corrected chi connectivity index (χ3v) is 5.37. The molecule has 0 aliphatic carbocycles. The van der Waals surface area contributed by atoms with Crippen molar-refractivity contribution in [2.24, 2.45) is 0 Å². The summed E-state index contributed by atoms with van der Waals surface area (Å²) in [5.74, 6) is 1.19. The van der Waals surface area contributed by atoms with Gasteiger partial charge in [-0.2, -0.15) is 0 Å². The van der Waals surface area contributed by atoms with Crippen molar-refractivity contribution in [3.05, 3.63) is 48.0 Å². The Balaban J connectivity index is 1.50. The summed E-state index contributed by atoms with van der Waals surface area (Å²) in [6.07, 6.45) is 6.60. The van der Waals surface area contributed by atoms with Crippen molar-refractivity contribution in [3.63, 3.8) is 0 Å². The molecule has 6 heteroatoms. The molecule has 6 nitrogen and oxygen atoms in total. The largest absolute Gasteiger partial charge is 0.378 e. The van der Waals surface area contributed by atoms with Gasteiger partial charge in [0, 0.05) is 51.2 Å². The molecule has 0 N–H and O–H groups in total. The summed E-state index contributed by atoms with van der Waals surface area (Å²) in [5, 5.41) is 0. The number of rotatable bonds is 4. The molecule has 0 bridgehead atoms. The Hall–Kier alpha value is -2.34. The fraction of sp³-hybridized carbons (Fsp3) is 0.500. The Bertz CT molecular complexity index is 767.